The maximum absolute atomic E-state index is 12.5. The third kappa shape index (κ3) is 1.93. The molecule has 3 heterocycles. The second-order valence-corrected chi connectivity index (χ2v) is 4.55. The van der Waals surface area contributed by atoms with Gasteiger partial charge < -0.3 is 4.57 Å². The lowest BCUT2D eigenvalue weighted by atomic mass is 10.2. The van der Waals surface area contributed by atoms with Crippen LogP contribution in [0.3, 0.4) is 0 Å². The maximum atomic E-state index is 12.5. The molecular formula is C14H14N4O. The van der Waals surface area contributed by atoms with Crippen molar-refractivity contribution in [2.75, 3.05) is 0 Å². The van der Waals surface area contributed by atoms with Gasteiger partial charge in [-0.05, 0) is 31.5 Å². The summed E-state index contributed by atoms with van der Waals surface area (Å²) < 4.78 is 3.53. The van der Waals surface area contributed by atoms with Crippen LogP contribution in [-0.4, -0.2) is 18.9 Å². The monoisotopic (exact) mass is 254 g/mol. The Labute approximate surface area is 110 Å². The summed E-state index contributed by atoms with van der Waals surface area (Å²) in [6, 6.07) is 3.82. The Morgan fingerprint density at radius 2 is 1.89 bits per heavy atom. The highest BCUT2D eigenvalue weighted by Crippen LogP contribution is 2.08. The molecule has 5 nitrogen and oxygen atoms in total. The molecule has 0 aliphatic heterocycles. The molecule has 0 atom stereocenters. The van der Waals surface area contributed by atoms with Crippen LogP contribution in [0.5, 0.6) is 0 Å². The van der Waals surface area contributed by atoms with Gasteiger partial charge in [0.15, 0.2) is 0 Å². The summed E-state index contributed by atoms with van der Waals surface area (Å²) >= 11 is 0. The van der Waals surface area contributed by atoms with E-state index in [1.807, 2.05) is 36.6 Å². The van der Waals surface area contributed by atoms with Crippen LogP contribution in [0.15, 0.2) is 41.7 Å². The van der Waals surface area contributed by atoms with E-state index in [2.05, 4.69) is 9.97 Å². The number of imidazole rings is 1. The van der Waals surface area contributed by atoms with E-state index in [-0.39, 0.29) is 5.56 Å². The van der Waals surface area contributed by atoms with E-state index in [0.29, 0.717) is 12.1 Å². The van der Waals surface area contributed by atoms with Crippen molar-refractivity contribution in [2.24, 2.45) is 0 Å². The van der Waals surface area contributed by atoms with Crippen molar-refractivity contribution in [2.45, 2.75) is 20.4 Å². The smallest absolute Gasteiger partial charge is 0.277 e. The van der Waals surface area contributed by atoms with Gasteiger partial charge in [-0.2, -0.15) is 0 Å². The van der Waals surface area contributed by atoms with E-state index in [9.17, 15) is 4.79 Å². The van der Waals surface area contributed by atoms with Crippen LogP contribution < -0.4 is 5.56 Å². The first kappa shape index (κ1) is 11.6. The molecule has 5 heteroatoms. The van der Waals surface area contributed by atoms with Gasteiger partial charge in [0, 0.05) is 24.8 Å². The molecule has 0 aromatic carbocycles. The standard InChI is InChI=1S/C14H14N4O/c1-10-13-14(19)17(7-8-18(13)11(2)16-10)9-12-3-5-15-6-4-12/h3-8H,9H2,1-2H3. The summed E-state index contributed by atoms with van der Waals surface area (Å²) in [6.45, 7) is 4.30. The molecule has 0 radical (unpaired) electrons. The van der Waals surface area contributed by atoms with Gasteiger partial charge in [-0.15, -0.1) is 0 Å². The van der Waals surface area contributed by atoms with Gasteiger partial charge in [-0.1, -0.05) is 0 Å². The molecule has 96 valence electrons. The third-order valence-electron chi connectivity index (χ3n) is 3.22. The molecule has 0 amide bonds. The Morgan fingerprint density at radius 3 is 2.63 bits per heavy atom. The van der Waals surface area contributed by atoms with E-state index in [4.69, 9.17) is 0 Å². The van der Waals surface area contributed by atoms with Crippen LogP contribution in [0.25, 0.3) is 5.52 Å². The van der Waals surface area contributed by atoms with Gasteiger partial charge >= 0.3 is 0 Å². The molecular weight excluding hydrogens is 240 g/mol. The Balaban J connectivity index is 2.13. The van der Waals surface area contributed by atoms with Crippen molar-refractivity contribution in [3.8, 4) is 0 Å². The van der Waals surface area contributed by atoms with Crippen molar-refractivity contribution in [1.82, 2.24) is 18.9 Å². The van der Waals surface area contributed by atoms with Crippen molar-refractivity contribution < 1.29 is 0 Å². The molecule has 0 bridgehead atoms. The van der Waals surface area contributed by atoms with E-state index >= 15 is 0 Å². The van der Waals surface area contributed by atoms with E-state index in [1.54, 1.807) is 23.2 Å². The van der Waals surface area contributed by atoms with Gasteiger partial charge in [0.1, 0.15) is 11.3 Å². The first-order chi connectivity index (χ1) is 9.16. The van der Waals surface area contributed by atoms with Crippen LogP contribution in [-0.2, 0) is 6.54 Å². The molecule has 3 rings (SSSR count). The minimum atomic E-state index is -0.0163. The predicted molar refractivity (Wildman–Crippen MR) is 72.3 cm³/mol. The number of pyridine rings is 1. The number of rotatable bonds is 2. The maximum Gasteiger partial charge on any atom is 0.277 e. The summed E-state index contributed by atoms with van der Waals surface area (Å²) in [4.78, 5) is 20.8. The SMILES string of the molecule is Cc1nc(C)n2ccn(Cc3ccncc3)c(=O)c12. The number of fused-ring (bicyclic) bond motifs is 1. The number of hydrogen-bond donors (Lipinski definition) is 0. The van der Waals surface area contributed by atoms with Crippen molar-refractivity contribution in [1.29, 1.82) is 0 Å². The Morgan fingerprint density at radius 1 is 1.16 bits per heavy atom. The van der Waals surface area contributed by atoms with Gasteiger partial charge in [0.2, 0.25) is 0 Å². The van der Waals surface area contributed by atoms with Crippen molar-refractivity contribution >= 4 is 5.52 Å². The average molecular weight is 254 g/mol. The van der Waals surface area contributed by atoms with Crippen molar-refractivity contribution in [3.63, 3.8) is 0 Å². The predicted octanol–water partition coefficient (Wildman–Crippen LogP) is 1.56. The van der Waals surface area contributed by atoms with Crippen LogP contribution in [0, 0.1) is 13.8 Å². The number of aromatic nitrogens is 4. The fourth-order valence-electron chi connectivity index (χ4n) is 2.29. The molecule has 3 aromatic heterocycles. The molecule has 0 saturated heterocycles. The minimum Gasteiger partial charge on any atom is -0.308 e. The molecule has 0 aliphatic carbocycles. The fourth-order valence-corrected chi connectivity index (χ4v) is 2.29. The highest BCUT2D eigenvalue weighted by molar-refractivity contribution is 5.50. The summed E-state index contributed by atoms with van der Waals surface area (Å²) in [5.41, 5.74) is 2.45. The van der Waals surface area contributed by atoms with Gasteiger partial charge in [-0.3, -0.25) is 14.2 Å². The second kappa shape index (κ2) is 4.35. The summed E-state index contributed by atoms with van der Waals surface area (Å²) in [5.74, 6) is 0.834. The van der Waals surface area contributed by atoms with Crippen LogP contribution in [0.1, 0.15) is 17.1 Å². The van der Waals surface area contributed by atoms with Gasteiger partial charge in [-0.25, -0.2) is 4.98 Å². The van der Waals surface area contributed by atoms with Gasteiger partial charge in [0.25, 0.3) is 5.56 Å². The van der Waals surface area contributed by atoms with E-state index < -0.39 is 0 Å². The molecule has 0 unspecified atom stereocenters. The minimum absolute atomic E-state index is 0.0163. The Hall–Kier alpha value is -2.43. The third-order valence-corrected chi connectivity index (χ3v) is 3.22. The normalized spacial score (nSPS) is 11.1. The lowest BCUT2D eigenvalue weighted by Gasteiger charge is -2.06. The lowest BCUT2D eigenvalue weighted by Crippen LogP contribution is -2.22. The average Bonchev–Trinajstić information content (AvgIpc) is 2.70. The zero-order chi connectivity index (χ0) is 13.4. The summed E-state index contributed by atoms with van der Waals surface area (Å²) in [5, 5.41) is 0. The molecule has 0 spiro atoms. The number of nitrogens with zero attached hydrogens (tertiary/aromatic N) is 4. The van der Waals surface area contributed by atoms with Crippen molar-refractivity contribution in [3.05, 3.63) is 64.4 Å². The second-order valence-electron chi connectivity index (χ2n) is 4.55. The zero-order valence-electron chi connectivity index (χ0n) is 10.9. The number of aryl methyl sites for hydroxylation is 2. The topological polar surface area (TPSA) is 52.2 Å². The van der Waals surface area contributed by atoms with Crippen LogP contribution in [0.4, 0.5) is 0 Å². The zero-order valence-corrected chi connectivity index (χ0v) is 10.9. The molecule has 19 heavy (non-hydrogen) atoms. The highest BCUT2D eigenvalue weighted by Gasteiger charge is 2.10. The molecule has 0 N–H and O–H groups in total. The van der Waals surface area contributed by atoms with Crippen LogP contribution in [0.2, 0.25) is 0 Å². The Bertz CT molecular complexity index is 786. The largest absolute Gasteiger partial charge is 0.308 e. The number of hydrogen-bond acceptors (Lipinski definition) is 3. The summed E-state index contributed by atoms with van der Waals surface area (Å²) in [6.07, 6.45) is 7.14. The first-order valence-corrected chi connectivity index (χ1v) is 6.10. The molecule has 0 fully saturated rings. The van der Waals surface area contributed by atoms with Gasteiger partial charge in [0.05, 0.1) is 12.2 Å². The van der Waals surface area contributed by atoms with Crippen LogP contribution >= 0.6 is 0 Å². The van der Waals surface area contributed by atoms with E-state index in [1.165, 1.54) is 0 Å². The van der Waals surface area contributed by atoms with E-state index in [0.717, 1.165) is 17.1 Å². The Kier molecular flexibility index (Phi) is 2.67. The highest BCUT2D eigenvalue weighted by atomic mass is 16.1. The lowest BCUT2D eigenvalue weighted by molar-refractivity contribution is 0.749. The fraction of sp³-hybridized carbons (Fsp3) is 0.214. The first-order valence-electron chi connectivity index (χ1n) is 6.10. The molecule has 0 aliphatic rings. The summed E-state index contributed by atoms with van der Waals surface area (Å²) in [7, 11) is 0. The molecule has 3 aromatic rings. The molecule has 0 saturated carbocycles. The quantitative estimate of drug-likeness (QED) is 0.697.